The highest BCUT2D eigenvalue weighted by Gasteiger charge is 2.49. The van der Waals surface area contributed by atoms with Crippen molar-refractivity contribution in [1.29, 1.82) is 0 Å². The fourth-order valence-corrected chi connectivity index (χ4v) is 11.8. The van der Waals surface area contributed by atoms with Crippen LogP contribution in [0.3, 0.4) is 0 Å². The number of benzene rings is 5. The molecule has 0 saturated heterocycles. The Kier molecular flexibility index (Phi) is 8.29. The quantitative estimate of drug-likeness (QED) is 0.164. The van der Waals surface area contributed by atoms with Crippen molar-refractivity contribution in [2.75, 3.05) is 9.80 Å². The molecule has 0 saturated carbocycles. The third-order valence-corrected chi connectivity index (χ3v) is 16.0. The first-order valence-corrected chi connectivity index (χ1v) is 23.0. The molecule has 2 aliphatic heterocycles. The van der Waals surface area contributed by atoms with Gasteiger partial charge in [0.25, 0.3) is 0 Å². The van der Waals surface area contributed by atoms with E-state index < -0.39 is 0 Å². The van der Waals surface area contributed by atoms with Crippen molar-refractivity contribution in [3.8, 4) is 0 Å². The second-order valence-corrected chi connectivity index (χ2v) is 24.0. The Hall–Kier alpha value is -4.50. The zero-order chi connectivity index (χ0) is 42.7. The van der Waals surface area contributed by atoms with Crippen LogP contribution in [0.15, 0.2) is 96.5 Å². The third-order valence-electron chi connectivity index (χ3n) is 16.0. The normalized spacial score (nSPS) is 20.2. The van der Waals surface area contributed by atoms with Crippen molar-refractivity contribution in [2.24, 2.45) is 0 Å². The van der Waals surface area contributed by atoms with Gasteiger partial charge in [-0.2, -0.15) is 0 Å². The van der Waals surface area contributed by atoms with Crippen molar-refractivity contribution in [3.63, 3.8) is 0 Å². The van der Waals surface area contributed by atoms with Gasteiger partial charge >= 0.3 is 0 Å². The zero-order valence-electron chi connectivity index (χ0n) is 39.2. The van der Waals surface area contributed by atoms with Crippen LogP contribution in [0.1, 0.15) is 167 Å². The molecule has 5 aromatic rings. The molecule has 0 amide bonds. The SMILES string of the molecule is CC(C)(C)c1ccc(N2c3ccc(C(C)(C)C)cc3B3C4=C(c5cc6c(cc5C4)C(C)(C)CCC6(C)C)N(c4ccc5c(c4)C(C)(C)CCC5(C)C)c4cccc2c43)cc1. The minimum absolute atomic E-state index is 0.0183. The molecule has 0 bridgehead atoms. The summed E-state index contributed by atoms with van der Waals surface area (Å²) in [5, 5.41) is 0. The summed E-state index contributed by atoms with van der Waals surface area (Å²) in [4.78, 5) is 5.30. The fourth-order valence-electron chi connectivity index (χ4n) is 11.8. The first kappa shape index (κ1) is 39.6. The number of fused-ring (bicyclic) bond motifs is 7. The predicted octanol–water partition coefficient (Wildman–Crippen LogP) is 14.0. The summed E-state index contributed by atoms with van der Waals surface area (Å²) in [6.45, 7) is 34.0. The van der Waals surface area contributed by atoms with Crippen LogP contribution in [0.25, 0.3) is 5.70 Å². The lowest BCUT2D eigenvalue weighted by Gasteiger charge is -2.46. The molecular weight excluding hydrogens is 723 g/mol. The smallest absolute Gasteiger partial charge is 0.247 e. The Morgan fingerprint density at radius 2 is 1.00 bits per heavy atom. The van der Waals surface area contributed by atoms with Crippen molar-refractivity contribution in [2.45, 2.75) is 162 Å². The molecule has 10 rings (SSSR count). The predicted molar refractivity (Wildman–Crippen MR) is 260 cm³/mol. The van der Waals surface area contributed by atoms with Crippen molar-refractivity contribution < 1.29 is 0 Å². The van der Waals surface area contributed by atoms with E-state index in [2.05, 4.69) is 198 Å². The van der Waals surface area contributed by atoms with Crippen LogP contribution in [0.5, 0.6) is 0 Å². The molecule has 0 atom stereocenters. The van der Waals surface area contributed by atoms with Crippen LogP contribution in [0.4, 0.5) is 28.4 Å². The molecule has 3 heteroatoms. The molecule has 2 heterocycles. The average molecular weight is 791 g/mol. The van der Waals surface area contributed by atoms with Crippen LogP contribution in [-0.4, -0.2) is 6.71 Å². The zero-order valence-corrected chi connectivity index (χ0v) is 39.2. The summed E-state index contributed by atoms with van der Waals surface area (Å²) in [5.74, 6) is 0. The lowest BCUT2D eigenvalue weighted by atomic mass is 9.32. The minimum Gasteiger partial charge on any atom is -0.311 e. The van der Waals surface area contributed by atoms with Gasteiger partial charge in [-0.05, 0) is 163 Å². The van der Waals surface area contributed by atoms with E-state index in [0.717, 1.165) is 6.42 Å². The van der Waals surface area contributed by atoms with E-state index in [1.807, 2.05) is 0 Å². The largest absolute Gasteiger partial charge is 0.311 e. The van der Waals surface area contributed by atoms with E-state index in [-0.39, 0.29) is 39.2 Å². The Morgan fingerprint density at radius 3 is 1.60 bits per heavy atom. The summed E-state index contributed by atoms with van der Waals surface area (Å²) in [7, 11) is 0. The molecule has 5 aromatic carbocycles. The average Bonchev–Trinajstić information content (AvgIpc) is 3.55. The van der Waals surface area contributed by atoms with Crippen LogP contribution in [-0.2, 0) is 38.9 Å². The lowest BCUT2D eigenvalue weighted by molar-refractivity contribution is 0.331. The highest BCUT2D eigenvalue weighted by atomic mass is 15.2. The fraction of sp³-hybridized carbons (Fsp3) is 0.439. The first-order chi connectivity index (χ1) is 28.0. The highest BCUT2D eigenvalue weighted by molar-refractivity contribution is 6.96. The second kappa shape index (κ2) is 12.5. The van der Waals surface area contributed by atoms with E-state index in [1.54, 1.807) is 16.6 Å². The van der Waals surface area contributed by atoms with Gasteiger partial charge in [0.15, 0.2) is 0 Å². The van der Waals surface area contributed by atoms with Crippen molar-refractivity contribution in [3.05, 3.63) is 141 Å². The molecule has 60 heavy (non-hydrogen) atoms. The molecule has 0 aromatic heterocycles. The molecular formula is C57H67BN2. The van der Waals surface area contributed by atoms with E-state index in [1.165, 1.54) is 104 Å². The maximum absolute atomic E-state index is 2.72. The van der Waals surface area contributed by atoms with Gasteiger partial charge in [0.05, 0.1) is 0 Å². The Morgan fingerprint density at radius 1 is 0.483 bits per heavy atom. The standard InChI is InChI=1S/C57H67BN2/c1-52(2,3)36-18-21-38(22-19-36)59-47-25-20-37(53(4,5)6)32-45(47)58-46-31-35-30-42-44(57(13,14)29-28-55(42,9)10)34-40(35)51(46)60(49-17-15-16-48(59)50(49)58)39-23-24-41-43(33-39)56(11,12)27-26-54(41,7)8/h15-25,30,32-34H,26-29,31H2,1-14H3. The van der Waals surface area contributed by atoms with E-state index in [9.17, 15) is 0 Å². The highest BCUT2D eigenvalue weighted by Crippen LogP contribution is 2.55. The number of hydrogen-bond donors (Lipinski definition) is 0. The molecule has 0 spiro atoms. The maximum atomic E-state index is 2.72. The van der Waals surface area contributed by atoms with Gasteiger partial charge in [0, 0.05) is 39.7 Å². The summed E-state index contributed by atoms with van der Waals surface area (Å²) < 4.78 is 0. The van der Waals surface area contributed by atoms with Crippen LogP contribution in [0, 0.1) is 0 Å². The topological polar surface area (TPSA) is 6.48 Å². The van der Waals surface area contributed by atoms with Crippen molar-refractivity contribution >= 4 is 51.8 Å². The van der Waals surface area contributed by atoms with Gasteiger partial charge in [-0.3, -0.25) is 0 Å². The molecule has 0 unspecified atom stereocenters. The Bertz CT molecular complexity index is 2650. The van der Waals surface area contributed by atoms with Crippen LogP contribution < -0.4 is 20.7 Å². The molecule has 0 N–H and O–H groups in total. The van der Waals surface area contributed by atoms with Gasteiger partial charge in [0.1, 0.15) is 0 Å². The summed E-state index contributed by atoms with van der Waals surface area (Å²) in [6.07, 6.45) is 5.81. The van der Waals surface area contributed by atoms with Crippen LogP contribution >= 0.6 is 0 Å². The second-order valence-electron chi connectivity index (χ2n) is 24.0. The number of anilines is 5. The minimum atomic E-state index is 0.0183. The maximum Gasteiger partial charge on any atom is 0.247 e. The van der Waals surface area contributed by atoms with E-state index in [0.29, 0.717) is 0 Å². The first-order valence-electron chi connectivity index (χ1n) is 23.0. The number of rotatable bonds is 2. The summed E-state index contributed by atoms with van der Waals surface area (Å²) >= 11 is 0. The van der Waals surface area contributed by atoms with Gasteiger partial charge < -0.3 is 9.80 Å². The van der Waals surface area contributed by atoms with Gasteiger partial charge in [0.2, 0.25) is 6.71 Å². The van der Waals surface area contributed by atoms with Crippen molar-refractivity contribution in [1.82, 2.24) is 0 Å². The van der Waals surface area contributed by atoms with Gasteiger partial charge in [-0.1, -0.05) is 145 Å². The van der Waals surface area contributed by atoms with Crippen LogP contribution in [0.2, 0.25) is 0 Å². The molecule has 2 nitrogen and oxygen atoms in total. The molecule has 3 aliphatic carbocycles. The third kappa shape index (κ3) is 5.80. The van der Waals surface area contributed by atoms with E-state index in [4.69, 9.17) is 0 Å². The number of hydrogen-bond acceptors (Lipinski definition) is 2. The Labute approximate surface area is 362 Å². The van der Waals surface area contributed by atoms with Gasteiger partial charge in [-0.25, -0.2) is 0 Å². The van der Waals surface area contributed by atoms with E-state index >= 15 is 0 Å². The molecule has 0 fully saturated rings. The molecule has 308 valence electrons. The monoisotopic (exact) mass is 791 g/mol. The molecule has 5 aliphatic rings. The van der Waals surface area contributed by atoms with Gasteiger partial charge in [-0.15, -0.1) is 0 Å². The summed E-state index contributed by atoms with van der Waals surface area (Å²) in [5.41, 5.74) is 24.7. The summed E-state index contributed by atoms with van der Waals surface area (Å²) in [6, 6.07) is 36.9. The lowest BCUT2D eigenvalue weighted by Crippen LogP contribution is -2.55. The Balaban J connectivity index is 1.28. The molecule has 0 radical (unpaired) electrons. The number of allylic oxidation sites excluding steroid dienone is 1. The number of nitrogens with zero attached hydrogens (tertiary/aromatic N) is 2.